The maximum atomic E-state index is 12.0. The monoisotopic (exact) mass is 297 g/mol. The summed E-state index contributed by atoms with van der Waals surface area (Å²) in [5.74, 6) is -0.0212. The molecular formula is C15H24ClN3O. The number of hydrogen-bond acceptors (Lipinski definition) is 3. The van der Waals surface area contributed by atoms with Crippen molar-refractivity contribution in [1.82, 2.24) is 5.32 Å². The second-order valence-electron chi connectivity index (χ2n) is 6.01. The number of hydrogen-bond donors (Lipinski definition) is 2. The molecule has 4 nitrogen and oxygen atoms in total. The highest BCUT2D eigenvalue weighted by molar-refractivity contribution is 6.34. The van der Waals surface area contributed by atoms with Crippen molar-refractivity contribution in [3.05, 3.63) is 23.2 Å². The average molecular weight is 298 g/mol. The molecular weight excluding hydrogens is 274 g/mol. The summed E-state index contributed by atoms with van der Waals surface area (Å²) in [6, 6.07) is 5.50. The number of benzene rings is 1. The van der Waals surface area contributed by atoms with Crippen LogP contribution in [0, 0.1) is 0 Å². The number of nitrogens with one attached hydrogen (secondary N) is 2. The SMILES string of the molecule is CN(C)c1c(Cl)cccc1NC(=O)CCNC(C)(C)C. The van der Waals surface area contributed by atoms with E-state index in [-0.39, 0.29) is 11.4 Å². The van der Waals surface area contributed by atoms with Crippen LogP contribution in [-0.2, 0) is 4.79 Å². The molecule has 0 bridgehead atoms. The molecule has 1 aromatic rings. The van der Waals surface area contributed by atoms with Crippen LogP contribution in [-0.4, -0.2) is 32.1 Å². The second kappa shape index (κ2) is 6.95. The number of rotatable bonds is 5. The molecule has 0 aromatic heterocycles. The lowest BCUT2D eigenvalue weighted by molar-refractivity contribution is -0.116. The molecule has 1 aromatic carbocycles. The Labute approximate surface area is 126 Å². The van der Waals surface area contributed by atoms with E-state index in [0.717, 1.165) is 11.4 Å². The number of anilines is 2. The zero-order valence-corrected chi connectivity index (χ0v) is 13.6. The van der Waals surface area contributed by atoms with E-state index in [9.17, 15) is 4.79 Å². The van der Waals surface area contributed by atoms with Crippen LogP contribution in [0.2, 0.25) is 5.02 Å². The first-order valence-electron chi connectivity index (χ1n) is 6.71. The van der Waals surface area contributed by atoms with Gasteiger partial charge in [0.15, 0.2) is 0 Å². The Morgan fingerprint density at radius 2 is 1.95 bits per heavy atom. The fraction of sp³-hybridized carbons (Fsp3) is 0.533. The van der Waals surface area contributed by atoms with Crippen LogP contribution in [0.15, 0.2) is 18.2 Å². The molecule has 0 saturated heterocycles. The summed E-state index contributed by atoms with van der Waals surface area (Å²) in [7, 11) is 3.80. The fourth-order valence-corrected chi connectivity index (χ4v) is 2.18. The summed E-state index contributed by atoms with van der Waals surface area (Å²) in [5.41, 5.74) is 1.58. The maximum absolute atomic E-state index is 12.0. The van der Waals surface area contributed by atoms with Crippen molar-refractivity contribution in [1.29, 1.82) is 0 Å². The Kier molecular flexibility index (Phi) is 5.84. The standard InChI is InChI=1S/C15H24ClN3O/c1-15(2,3)17-10-9-13(20)18-12-8-6-7-11(16)14(12)19(4)5/h6-8,17H,9-10H2,1-5H3,(H,18,20). The van der Waals surface area contributed by atoms with Gasteiger partial charge in [0.1, 0.15) is 0 Å². The van der Waals surface area contributed by atoms with E-state index >= 15 is 0 Å². The lowest BCUT2D eigenvalue weighted by Gasteiger charge is -2.21. The van der Waals surface area contributed by atoms with E-state index in [1.54, 1.807) is 0 Å². The minimum atomic E-state index is -0.0212. The summed E-state index contributed by atoms with van der Waals surface area (Å²) >= 11 is 6.17. The molecule has 1 rings (SSSR count). The van der Waals surface area contributed by atoms with Gasteiger partial charge in [0.05, 0.1) is 16.4 Å². The van der Waals surface area contributed by atoms with Crippen molar-refractivity contribution in [3.8, 4) is 0 Å². The highest BCUT2D eigenvalue weighted by Gasteiger charge is 2.13. The van der Waals surface area contributed by atoms with Gasteiger partial charge in [-0.2, -0.15) is 0 Å². The third kappa shape index (κ3) is 5.39. The number of carbonyl (C=O) groups is 1. The maximum Gasteiger partial charge on any atom is 0.225 e. The van der Waals surface area contributed by atoms with Crippen molar-refractivity contribution in [2.45, 2.75) is 32.7 Å². The van der Waals surface area contributed by atoms with Crippen LogP contribution in [0.4, 0.5) is 11.4 Å². The number of amides is 1. The van der Waals surface area contributed by atoms with Gasteiger partial charge in [-0.15, -0.1) is 0 Å². The number of carbonyl (C=O) groups excluding carboxylic acids is 1. The molecule has 0 aliphatic heterocycles. The molecule has 5 heteroatoms. The fourth-order valence-electron chi connectivity index (χ4n) is 1.83. The van der Waals surface area contributed by atoms with Crippen molar-refractivity contribution in [3.63, 3.8) is 0 Å². The molecule has 0 atom stereocenters. The number of nitrogens with zero attached hydrogens (tertiary/aromatic N) is 1. The minimum Gasteiger partial charge on any atom is -0.375 e. The Morgan fingerprint density at radius 3 is 2.50 bits per heavy atom. The number of para-hydroxylation sites is 1. The Hall–Kier alpha value is -1.26. The third-order valence-corrected chi connectivity index (χ3v) is 3.02. The van der Waals surface area contributed by atoms with Gasteiger partial charge in [0.2, 0.25) is 5.91 Å². The zero-order chi connectivity index (χ0) is 15.3. The highest BCUT2D eigenvalue weighted by atomic mass is 35.5. The molecule has 0 aliphatic rings. The predicted octanol–water partition coefficient (Wildman–Crippen LogP) is 3.12. The van der Waals surface area contributed by atoms with Gasteiger partial charge in [-0.1, -0.05) is 17.7 Å². The molecule has 0 saturated carbocycles. The molecule has 0 radical (unpaired) electrons. The normalized spacial score (nSPS) is 11.3. The molecule has 112 valence electrons. The van der Waals surface area contributed by atoms with Crippen LogP contribution in [0.25, 0.3) is 0 Å². The van der Waals surface area contributed by atoms with Crippen molar-refractivity contribution in [2.75, 3.05) is 30.9 Å². The first kappa shape index (κ1) is 16.8. The lowest BCUT2D eigenvalue weighted by Crippen LogP contribution is -2.37. The molecule has 20 heavy (non-hydrogen) atoms. The van der Waals surface area contributed by atoms with Gasteiger partial charge in [0.25, 0.3) is 0 Å². The van der Waals surface area contributed by atoms with Gasteiger partial charge in [-0.05, 0) is 32.9 Å². The summed E-state index contributed by atoms with van der Waals surface area (Å²) < 4.78 is 0. The molecule has 0 unspecified atom stereocenters. The van der Waals surface area contributed by atoms with E-state index in [4.69, 9.17) is 11.6 Å². The van der Waals surface area contributed by atoms with Gasteiger partial charge in [-0.3, -0.25) is 4.79 Å². The first-order chi connectivity index (χ1) is 9.20. The van der Waals surface area contributed by atoms with Crippen LogP contribution < -0.4 is 15.5 Å². The largest absolute Gasteiger partial charge is 0.375 e. The summed E-state index contributed by atoms with van der Waals surface area (Å²) in [5, 5.41) is 6.83. The minimum absolute atomic E-state index is 0.0190. The van der Waals surface area contributed by atoms with E-state index < -0.39 is 0 Å². The van der Waals surface area contributed by atoms with E-state index in [2.05, 4.69) is 31.4 Å². The Morgan fingerprint density at radius 1 is 1.30 bits per heavy atom. The van der Waals surface area contributed by atoms with Gasteiger partial charge in [0, 0.05) is 32.6 Å². The Balaban J connectivity index is 2.65. The van der Waals surface area contributed by atoms with Gasteiger partial charge >= 0.3 is 0 Å². The highest BCUT2D eigenvalue weighted by Crippen LogP contribution is 2.32. The van der Waals surface area contributed by atoms with E-state index in [0.29, 0.717) is 18.0 Å². The quantitative estimate of drug-likeness (QED) is 0.877. The van der Waals surface area contributed by atoms with E-state index in [1.807, 2.05) is 37.2 Å². The third-order valence-electron chi connectivity index (χ3n) is 2.72. The van der Waals surface area contributed by atoms with Crippen LogP contribution in [0.1, 0.15) is 27.2 Å². The van der Waals surface area contributed by atoms with Crippen molar-refractivity contribution < 1.29 is 4.79 Å². The summed E-state index contributed by atoms with van der Waals surface area (Å²) in [6.07, 6.45) is 0.427. The predicted molar refractivity (Wildman–Crippen MR) is 86.8 cm³/mol. The molecule has 1 amide bonds. The van der Waals surface area contributed by atoms with Gasteiger partial charge < -0.3 is 15.5 Å². The van der Waals surface area contributed by atoms with Crippen LogP contribution in [0.3, 0.4) is 0 Å². The lowest BCUT2D eigenvalue weighted by atomic mass is 10.1. The molecule has 0 heterocycles. The van der Waals surface area contributed by atoms with Crippen LogP contribution >= 0.6 is 11.6 Å². The van der Waals surface area contributed by atoms with Crippen molar-refractivity contribution in [2.24, 2.45) is 0 Å². The summed E-state index contributed by atoms with van der Waals surface area (Å²) in [4.78, 5) is 13.9. The number of halogens is 1. The smallest absolute Gasteiger partial charge is 0.225 e. The second-order valence-corrected chi connectivity index (χ2v) is 6.41. The van der Waals surface area contributed by atoms with Gasteiger partial charge in [-0.25, -0.2) is 0 Å². The van der Waals surface area contributed by atoms with E-state index in [1.165, 1.54) is 0 Å². The molecule has 0 aliphatic carbocycles. The van der Waals surface area contributed by atoms with Crippen LogP contribution in [0.5, 0.6) is 0 Å². The molecule has 0 fully saturated rings. The average Bonchev–Trinajstić information content (AvgIpc) is 2.26. The molecule has 2 N–H and O–H groups in total. The Bertz CT molecular complexity index is 467. The van der Waals surface area contributed by atoms with Crippen molar-refractivity contribution >= 4 is 28.9 Å². The first-order valence-corrected chi connectivity index (χ1v) is 7.09. The molecule has 0 spiro atoms. The summed E-state index contributed by atoms with van der Waals surface area (Å²) in [6.45, 7) is 6.87. The zero-order valence-electron chi connectivity index (χ0n) is 12.9. The topological polar surface area (TPSA) is 44.4 Å².